The first kappa shape index (κ1) is 17.4. The molecule has 4 heteroatoms. The number of hydrogen-bond donors (Lipinski definition) is 0. The molecule has 2 rings (SSSR count). The first-order valence-electron chi connectivity index (χ1n) is 8.10. The predicted octanol–water partition coefficient (Wildman–Crippen LogP) is 3.58. The van der Waals surface area contributed by atoms with Gasteiger partial charge in [0.1, 0.15) is 0 Å². The van der Waals surface area contributed by atoms with Gasteiger partial charge in [0.25, 0.3) is 0 Å². The molecule has 0 radical (unpaired) electrons. The van der Waals surface area contributed by atoms with Crippen molar-refractivity contribution >= 4 is 17.7 Å². The number of likely N-dealkylation sites (N-methyl/N-ethyl adjacent to an activating group) is 1. The summed E-state index contributed by atoms with van der Waals surface area (Å²) in [5.74, 6) is 1.43. The lowest BCUT2D eigenvalue weighted by Gasteiger charge is -2.27. The van der Waals surface area contributed by atoms with Crippen molar-refractivity contribution in [2.45, 2.75) is 43.8 Å². The van der Waals surface area contributed by atoms with E-state index < -0.39 is 0 Å². The average molecular weight is 321 g/mol. The van der Waals surface area contributed by atoms with E-state index in [-0.39, 0.29) is 17.3 Å². The van der Waals surface area contributed by atoms with E-state index in [0.717, 1.165) is 25.2 Å². The summed E-state index contributed by atoms with van der Waals surface area (Å²) in [5.41, 5.74) is 1.27. The number of benzene rings is 1. The molecule has 1 aliphatic heterocycles. The van der Waals surface area contributed by atoms with Crippen molar-refractivity contribution in [2.24, 2.45) is 5.92 Å². The number of ether oxygens (including phenoxy) is 1. The van der Waals surface area contributed by atoms with Crippen molar-refractivity contribution in [1.29, 1.82) is 0 Å². The van der Waals surface area contributed by atoms with E-state index in [2.05, 4.69) is 26.0 Å². The predicted molar refractivity (Wildman–Crippen MR) is 93.0 cm³/mol. The Balaban J connectivity index is 1.89. The Morgan fingerprint density at radius 2 is 2.09 bits per heavy atom. The molecule has 0 aliphatic carbocycles. The van der Waals surface area contributed by atoms with E-state index in [1.54, 1.807) is 11.8 Å². The lowest BCUT2D eigenvalue weighted by Crippen LogP contribution is -2.41. The molecule has 3 nitrogen and oxygen atoms in total. The molecule has 1 saturated heterocycles. The molecule has 1 aromatic rings. The molecular formula is C18H27NO2S. The van der Waals surface area contributed by atoms with E-state index in [4.69, 9.17) is 4.74 Å². The van der Waals surface area contributed by atoms with Gasteiger partial charge >= 0.3 is 0 Å². The molecule has 1 heterocycles. The Morgan fingerprint density at radius 1 is 1.36 bits per heavy atom. The van der Waals surface area contributed by atoms with Crippen molar-refractivity contribution in [3.8, 4) is 0 Å². The quantitative estimate of drug-likeness (QED) is 0.769. The number of nitrogens with zero attached hydrogens (tertiary/aromatic N) is 1. The Bertz CT molecular complexity index is 457. The second-order valence-corrected chi connectivity index (χ2v) is 7.44. The smallest absolute Gasteiger partial charge is 0.235 e. The summed E-state index contributed by atoms with van der Waals surface area (Å²) < 4.78 is 5.64. The normalized spacial score (nSPS) is 19.4. The minimum absolute atomic E-state index is 0.00612. The number of rotatable bonds is 7. The lowest BCUT2D eigenvalue weighted by atomic mass is 10.1. The highest BCUT2D eigenvalue weighted by Gasteiger charge is 2.28. The fourth-order valence-electron chi connectivity index (χ4n) is 2.71. The fourth-order valence-corrected chi connectivity index (χ4v) is 3.98. The Hall–Kier alpha value is -1.00. The van der Waals surface area contributed by atoms with Crippen LogP contribution in [0.5, 0.6) is 0 Å². The molecule has 0 aromatic heterocycles. The molecule has 1 aromatic carbocycles. The summed E-state index contributed by atoms with van der Waals surface area (Å²) in [5, 5.41) is 0.00612. The zero-order valence-electron chi connectivity index (χ0n) is 13.8. The van der Waals surface area contributed by atoms with Crippen molar-refractivity contribution in [3.63, 3.8) is 0 Å². The summed E-state index contributed by atoms with van der Waals surface area (Å²) in [4.78, 5) is 14.6. The largest absolute Gasteiger partial charge is 0.376 e. The molecule has 1 aliphatic rings. The molecule has 1 amide bonds. The zero-order chi connectivity index (χ0) is 15.9. The molecule has 122 valence electrons. The van der Waals surface area contributed by atoms with Crippen LogP contribution in [0.1, 0.15) is 32.3 Å². The number of hydrogen-bond acceptors (Lipinski definition) is 3. The van der Waals surface area contributed by atoms with E-state index in [0.29, 0.717) is 12.5 Å². The van der Waals surface area contributed by atoms with E-state index in [9.17, 15) is 4.79 Å². The van der Waals surface area contributed by atoms with Crippen LogP contribution in [-0.2, 0) is 15.3 Å². The Morgan fingerprint density at radius 3 is 2.68 bits per heavy atom. The minimum Gasteiger partial charge on any atom is -0.376 e. The second kappa shape index (κ2) is 8.59. The number of thioether (sulfide) groups is 1. The first-order valence-corrected chi connectivity index (χ1v) is 9.15. The Labute approximate surface area is 138 Å². The standard InChI is InChI=1S/C18H27NO2S/c1-14(2)17(22-13-15-8-5-4-6-9-15)18(20)19(3)12-16-10-7-11-21-16/h4-6,8-9,14,16-17H,7,10-13H2,1-3H3. The summed E-state index contributed by atoms with van der Waals surface area (Å²) in [6.07, 6.45) is 2.41. The topological polar surface area (TPSA) is 29.5 Å². The zero-order valence-corrected chi connectivity index (χ0v) is 14.6. The van der Waals surface area contributed by atoms with Crippen LogP contribution in [0.25, 0.3) is 0 Å². The lowest BCUT2D eigenvalue weighted by molar-refractivity contribution is -0.131. The molecule has 0 N–H and O–H groups in total. The summed E-state index contributed by atoms with van der Waals surface area (Å²) in [6, 6.07) is 10.3. The molecular weight excluding hydrogens is 294 g/mol. The van der Waals surface area contributed by atoms with Crippen molar-refractivity contribution in [1.82, 2.24) is 4.90 Å². The van der Waals surface area contributed by atoms with Crippen LogP contribution in [-0.4, -0.2) is 42.4 Å². The molecule has 2 atom stereocenters. The van der Waals surface area contributed by atoms with Gasteiger partial charge in [-0.1, -0.05) is 44.2 Å². The number of amides is 1. The number of carbonyl (C=O) groups excluding carboxylic acids is 1. The highest BCUT2D eigenvalue weighted by Crippen LogP contribution is 2.26. The second-order valence-electron chi connectivity index (χ2n) is 6.32. The van der Waals surface area contributed by atoms with Crippen LogP contribution >= 0.6 is 11.8 Å². The molecule has 1 fully saturated rings. The molecule has 0 bridgehead atoms. The van der Waals surface area contributed by atoms with E-state index in [1.165, 1.54) is 5.56 Å². The first-order chi connectivity index (χ1) is 10.6. The minimum atomic E-state index is 0.00612. The van der Waals surface area contributed by atoms with Crippen LogP contribution in [0.15, 0.2) is 30.3 Å². The average Bonchev–Trinajstić information content (AvgIpc) is 3.01. The molecule has 2 unspecified atom stereocenters. The third-order valence-electron chi connectivity index (χ3n) is 4.00. The maximum atomic E-state index is 12.7. The van der Waals surface area contributed by atoms with Gasteiger partial charge in [0.15, 0.2) is 0 Å². The van der Waals surface area contributed by atoms with Gasteiger partial charge in [-0.2, -0.15) is 0 Å². The fraction of sp³-hybridized carbons (Fsp3) is 0.611. The van der Waals surface area contributed by atoms with Gasteiger partial charge in [0.05, 0.1) is 11.4 Å². The number of carbonyl (C=O) groups is 1. The SMILES string of the molecule is CC(C)C(SCc1ccccc1)C(=O)N(C)CC1CCCO1. The molecule has 22 heavy (non-hydrogen) atoms. The summed E-state index contributed by atoms with van der Waals surface area (Å²) >= 11 is 1.75. The van der Waals surface area contributed by atoms with Crippen LogP contribution in [0.2, 0.25) is 0 Å². The van der Waals surface area contributed by atoms with Gasteiger partial charge in [0, 0.05) is 26.0 Å². The van der Waals surface area contributed by atoms with Crippen LogP contribution in [0, 0.1) is 5.92 Å². The highest BCUT2D eigenvalue weighted by molar-refractivity contribution is 7.99. The highest BCUT2D eigenvalue weighted by atomic mass is 32.2. The van der Waals surface area contributed by atoms with Crippen molar-refractivity contribution in [3.05, 3.63) is 35.9 Å². The molecule has 0 spiro atoms. The van der Waals surface area contributed by atoms with Gasteiger partial charge in [0.2, 0.25) is 5.91 Å². The van der Waals surface area contributed by atoms with Crippen LogP contribution in [0.3, 0.4) is 0 Å². The van der Waals surface area contributed by atoms with Crippen LogP contribution < -0.4 is 0 Å². The van der Waals surface area contributed by atoms with Gasteiger partial charge in [-0.05, 0) is 24.3 Å². The third-order valence-corrected chi connectivity index (χ3v) is 5.60. The van der Waals surface area contributed by atoms with Crippen molar-refractivity contribution in [2.75, 3.05) is 20.2 Å². The van der Waals surface area contributed by atoms with Crippen molar-refractivity contribution < 1.29 is 9.53 Å². The molecule has 0 saturated carbocycles. The monoisotopic (exact) mass is 321 g/mol. The van der Waals surface area contributed by atoms with Gasteiger partial charge in [-0.25, -0.2) is 0 Å². The van der Waals surface area contributed by atoms with E-state index >= 15 is 0 Å². The van der Waals surface area contributed by atoms with Gasteiger partial charge in [-0.3, -0.25) is 4.79 Å². The van der Waals surface area contributed by atoms with E-state index in [1.807, 2.05) is 30.1 Å². The summed E-state index contributed by atoms with van der Waals surface area (Å²) in [6.45, 7) is 5.80. The van der Waals surface area contributed by atoms with Crippen LogP contribution in [0.4, 0.5) is 0 Å². The van der Waals surface area contributed by atoms with Gasteiger partial charge < -0.3 is 9.64 Å². The maximum Gasteiger partial charge on any atom is 0.235 e. The van der Waals surface area contributed by atoms with Gasteiger partial charge in [-0.15, -0.1) is 11.8 Å². The Kier molecular flexibility index (Phi) is 6.77. The summed E-state index contributed by atoms with van der Waals surface area (Å²) in [7, 11) is 1.91. The maximum absolute atomic E-state index is 12.7. The third kappa shape index (κ3) is 5.03.